The maximum atomic E-state index is 13.6. The van der Waals surface area contributed by atoms with Crippen LogP contribution < -0.4 is 14.9 Å². The van der Waals surface area contributed by atoms with E-state index in [1.165, 1.54) is 12.7 Å². The van der Waals surface area contributed by atoms with E-state index in [2.05, 4.69) is 21.0 Å². The third-order valence-corrected chi connectivity index (χ3v) is 7.42. The second kappa shape index (κ2) is 9.38. The second-order valence-corrected chi connectivity index (χ2v) is 9.81. The van der Waals surface area contributed by atoms with Crippen LogP contribution in [0.4, 0.5) is 11.4 Å². The molecule has 0 saturated carbocycles. The first-order valence-corrected chi connectivity index (χ1v) is 12.2. The van der Waals surface area contributed by atoms with E-state index in [9.17, 15) is 13.2 Å². The number of methoxy groups -OCH3 is 1. The van der Waals surface area contributed by atoms with Crippen molar-refractivity contribution in [2.75, 3.05) is 37.0 Å². The molecule has 0 radical (unpaired) electrons. The molecule has 1 aliphatic heterocycles. The van der Waals surface area contributed by atoms with E-state index >= 15 is 0 Å². The fourth-order valence-corrected chi connectivity index (χ4v) is 5.98. The second-order valence-electron chi connectivity index (χ2n) is 8.12. The highest BCUT2D eigenvalue weighted by atomic mass is 32.2. The topological polar surface area (TPSA) is 87.7 Å². The van der Waals surface area contributed by atoms with Gasteiger partial charge in [-0.05, 0) is 61.4 Å². The number of amides is 1. The van der Waals surface area contributed by atoms with Crippen molar-refractivity contribution in [2.24, 2.45) is 0 Å². The smallest absolute Gasteiger partial charge is 0.250 e. The fourth-order valence-electron chi connectivity index (χ4n) is 4.48. The van der Waals surface area contributed by atoms with Crippen LogP contribution in [0.2, 0.25) is 0 Å². The molecule has 1 heterocycles. The molecular formula is C23H29N3O4S. The Morgan fingerprint density at radius 1 is 1.13 bits per heavy atom. The van der Waals surface area contributed by atoms with Crippen molar-refractivity contribution in [2.45, 2.75) is 43.0 Å². The summed E-state index contributed by atoms with van der Waals surface area (Å²) in [6, 6.07) is 12.8. The van der Waals surface area contributed by atoms with Gasteiger partial charge in [-0.2, -0.15) is 0 Å². The lowest BCUT2D eigenvalue weighted by Gasteiger charge is -2.28. The van der Waals surface area contributed by atoms with Gasteiger partial charge < -0.3 is 15.0 Å². The summed E-state index contributed by atoms with van der Waals surface area (Å²) in [4.78, 5) is 14.3. The molecule has 8 heteroatoms. The number of carbonyl (C=O) groups is 1. The van der Waals surface area contributed by atoms with Crippen molar-refractivity contribution in [3.8, 4) is 0 Å². The molecule has 0 spiro atoms. The lowest BCUT2D eigenvalue weighted by atomic mass is 9.88. The van der Waals surface area contributed by atoms with Crippen LogP contribution in [0, 0.1) is 0 Å². The molecule has 2 aromatic rings. The minimum Gasteiger partial charge on any atom is -0.375 e. The number of fused-ring (bicyclic) bond motifs is 1. The largest absolute Gasteiger partial charge is 0.375 e. The number of benzene rings is 2. The molecule has 1 unspecified atom stereocenters. The number of rotatable bonds is 7. The number of nitrogens with one attached hydrogen (secondary N) is 2. The monoisotopic (exact) mass is 443 g/mol. The minimum atomic E-state index is -3.82. The first-order valence-electron chi connectivity index (χ1n) is 10.8. The van der Waals surface area contributed by atoms with Gasteiger partial charge in [-0.15, -0.1) is 0 Å². The maximum Gasteiger partial charge on any atom is 0.250 e. The molecule has 1 amide bonds. The van der Waals surface area contributed by atoms with Crippen molar-refractivity contribution < 1.29 is 17.9 Å². The summed E-state index contributed by atoms with van der Waals surface area (Å²) in [7, 11) is -2.37. The van der Waals surface area contributed by atoms with E-state index in [1.807, 2.05) is 18.2 Å². The molecule has 0 aromatic heterocycles. The summed E-state index contributed by atoms with van der Waals surface area (Å²) in [5.74, 6) is -0.325. The number of anilines is 2. The highest BCUT2D eigenvalue weighted by molar-refractivity contribution is 7.89. The molecule has 7 nitrogen and oxygen atoms in total. The Labute approximate surface area is 183 Å². The number of ether oxygens (including phenoxy) is 1. The average molecular weight is 444 g/mol. The Morgan fingerprint density at radius 3 is 2.68 bits per heavy atom. The molecule has 166 valence electrons. The van der Waals surface area contributed by atoms with Crippen molar-refractivity contribution in [3.05, 3.63) is 53.6 Å². The SMILES string of the molecule is COCC(=O)Nc1ccc(N2CCCC2)c(S(=O)(=O)NC2CCCc3ccccc32)c1. The molecule has 2 aliphatic rings. The zero-order valence-electron chi connectivity index (χ0n) is 17.8. The Morgan fingerprint density at radius 2 is 1.90 bits per heavy atom. The summed E-state index contributed by atoms with van der Waals surface area (Å²) in [5.41, 5.74) is 3.36. The lowest BCUT2D eigenvalue weighted by molar-refractivity contribution is -0.119. The summed E-state index contributed by atoms with van der Waals surface area (Å²) in [5, 5.41) is 2.72. The van der Waals surface area contributed by atoms with Crippen molar-refractivity contribution in [3.63, 3.8) is 0 Å². The highest BCUT2D eigenvalue weighted by Crippen LogP contribution is 2.34. The van der Waals surface area contributed by atoms with Crippen LogP contribution in [-0.4, -0.2) is 41.1 Å². The molecule has 0 bridgehead atoms. The van der Waals surface area contributed by atoms with Crippen molar-refractivity contribution >= 4 is 27.3 Å². The summed E-state index contributed by atoms with van der Waals surface area (Å²) >= 11 is 0. The predicted octanol–water partition coefficient (Wildman–Crippen LogP) is 3.23. The van der Waals surface area contributed by atoms with Crippen LogP contribution in [0.5, 0.6) is 0 Å². The number of aryl methyl sites for hydroxylation is 1. The van der Waals surface area contributed by atoms with Gasteiger partial charge in [0, 0.05) is 31.9 Å². The van der Waals surface area contributed by atoms with Gasteiger partial charge in [-0.1, -0.05) is 24.3 Å². The third kappa shape index (κ3) is 4.92. The molecule has 1 saturated heterocycles. The Hall–Kier alpha value is -2.42. The van der Waals surface area contributed by atoms with Gasteiger partial charge in [0.15, 0.2) is 0 Å². The van der Waals surface area contributed by atoms with Gasteiger partial charge in [0.2, 0.25) is 15.9 Å². The van der Waals surface area contributed by atoms with E-state index < -0.39 is 10.0 Å². The number of hydrogen-bond acceptors (Lipinski definition) is 5. The van der Waals surface area contributed by atoms with Crippen LogP contribution in [0.15, 0.2) is 47.4 Å². The summed E-state index contributed by atoms with van der Waals surface area (Å²) < 4.78 is 35.0. The van der Waals surface area contributed by atoms with E-state index in [-0.39, 0.29) is 23.5 Å². The normalized spacial score (nSPS) is 18.6. The molecule has 2 aromatic carbocycles. The quantitative estimate of drug-likeness (QED) is 0.686. The van der Waals surface area contributed by atoms with Gasteiger partial charge in [-0.3, -0.25) is 4.79 Å². The lowest BCUT2D eigenvalue weighted by Crippen LogP contribution is -2.32. The van der Waals surface area contributed by atoms with E-state index in [0.29, 0.717) is 11.4 Å². The Balaban J connectivity index is 1.67. The zero-order chi connectivity index (χ0) is 21.8. The number of carbonyl (C=O) groups excluding carboxylic acids is 1. The van der Waals surface area contributed by atoms with E-state index in [4.69, 9.17) is 4.74 Å². The van der Waals surface area contributed by atoms with Gasteiger partial charge in [0.05, 0.1) is 5.69 Å². The number of sulfonamides is 1. The molecule has 31 heavy (non-hydrogen) atoms. The highest BCUT2D eigenvalue weighted by Gasteiger charge is 2.29. The standard InChI is InChI=1S/C23H29N3O4S/c1-30-16-23(27)24-18-11-12-21(26-13-4-5-14-26)22(15-18)31(28,29)25-20-10-6-8-17-7-2-3-9-19(17)20/h2-3,7,9,11-12,15,20,25H,4-6,8,10,13-14,16H2,1H3,(H,24,27). The molecule has 1 fully saturated rings. The van der Waals surface area contributed by atoms with Gasteiger partial charge in [0.25, 0.3) is 0 Å². The van der Waals surface area contributed by atoms with Crippen LogP contribution in [0.25, 0.3) is 0 Å². The number of nitrogens with zero attached hydrogens (tertiary/aromatic N) is 1. The average Bonchev–Trinajstić information content (AvgIpc) is 3.29. The Bertz CT molecular complexity index is 1050. The van der Waals surface area contributed by atoms with E-state index in [0.717, 1.165) is 50.8 Å². The van der Waals surface area contributed by atoms with Gasteiger partial charge in [-0.25, -0.2) is 13.1 Å². The molecular weight excluding hydrogens is 414 g/mol. The minimum absolute atomic E-state index is 0.0902. The van der Waals surface area contributed by atoms with Crippen LogP contribution >= 0.6 is 0 Å². The fraction of sp³-hybridized carbons (Fsp3) is 0.435. The first kappa shape index (κ1) is 21.8. The van der Waals surface area contributed by atoms with Crippen LogP contribution in [0.1, 0.15) is 42.9 Å². The van der Waals surface area contributed by atoms with Crippen LogP contribution in [0.3, 0.4) is 0 Å². The summed E-state index contributed by atoms with van der Waals surface area (Å²) in [6.07, 6.45) is 4.74. The third-order valence-electron chi connectivity index (χ3n) is 5.92. The van der Waals surface area contributed by atoms with Gasteiger partial charge >= 0.3 is 0 Å². The molecule has 2 N–H and O–H groups in total. The van der Waals surface area contributed by atoms with Gasteiger partial charge in [0.1, 0.15) is 11.5 Å². The summed E-state index contributed by atoms with van der Waals surface area (Å²) in [6.45, 7) is 1.56. The van der Waals surface area contributed by atoms with Crippen molar-refractivity contribution in [1.29, 1.82) is 0 Å². The Kier molecular flexibility index (Phi) is 6.60. The van der Waals surface area contributed by atoms with Crippen molar-refractivity contribution in [1.82, 2.24) is 4.72 Å². The molecule has 4 rings (SSSR count). The first-order chi connectivity index (χ1) is 15.0. The number of hydrogen-bond donors (Lipinski definition) is 2. The zero-order valence-corrected chi connectivity index (χ0v) is 18.6. The molecule has 1 aliphatic carbocycles. The van der Waals surface area contributed by atoms with Crippen LogP contribution in [-0.2, 0) is 26.0 Å². The predicted molar refractivity (Wildman–Crippen MR) is 121 cm³/mol. The van der Waals surface area contributed by atoms with E-state index in [1.54, 1.807) is 18.2 Å². The molecule has 1 atom stereocenters. The maximum absolute atomic E-state index is 13.6.